The molecule has 25 heavy (non-hydrogen) atoms. The van der Waals surface area contributed by atoms with Crippen LogP contribution in [0.3, 0.4) is 0 Å². The number of methoxy groups -OCH3 is 1. The molecule has 7 nitrogen and oxygen atoms in total. The number of benzene rings is 1. The van der Waals surface area contributed by atoms with Crippen LogP contribution in [0.25, 0.3) is 0 Å². The van der Waals surface area contributed by atoms with Crippen LogP contribution < -0.4 is 4.74 Å². The van der Waals surface area contributed by atoms with E-state index in [1.165, 1.54) is 12.2 Å². The largest absolute Gasteiger partial charge is 0.497 e. The van der Waals surface area contributed by atoms with Crippen LogP contribution in [-0.4, -0.2) is 53.4 Å². The maximum atomic E-state index is 12.2. The van der Waals surface area contributed by atoms with E-state index >= 15 is 0 Å². The van der Waals surface area contributed by atoms with Gasteiger partial charge in [-0.25, -0.2) is 14.8 Å². The number of carbonyl (C=O) groups excluding carboxylic acids is 1. The summed E-state index contributed by atoms with van der Waals surface area (Å²) in [4.78, 5) is 23.2. The average Bonchev–Trinajstić information content (AvgIpc) is 3.07. The Labute approximate surface area is 146 Å². The fourth-order valence-corrected chi connectivity index (χ4v) is 2.64. The minimum atomic E-state index is -0.180. The number of nitrogens with zero attached hydrogens (tertiary/aromatic N) is 4. The van der Waals surface area contributed by atoms with Crippen molar-refractivity contribution in [3.63, 3.8) is 0 Å². The molecule has 7 heteroatoms. The van der Waals surface area contributed by atoms with E-state index in [0.29, 0.717) is 19.6 Å². The molecule has 3 rings (SSSR count). The van der Waals surface area contributed by atoms with Gasteiger partial charge in [-0.15, -0.1) is 0 Å². The highest BCUT2D eigenvalue weighted by molar-refractivity contribution is 5.73. The lowest BCUT2D eigenvalue weighted by Crippen LogP contribution is -2.44. The molecule has 1 aromatic carbocycles. The van der Waals surface area contributed by atoms with Crippen molar-refractivity contribution >= 4 is 6.03 Å². The molecule has 0 radical (unpaired) electrons. The third-order valence-corrected chi connectivity index (χ3v) is 4.08. The van der Waals surface area contributed by atoms with Crippen LogP contribution in [0.15, 0.2) is 30.5 Å². The smallest absolute Gasteiger partial charge is 0.344 e. The topological polar surface area (TPSA) is 59.8 Å². The van der Waals surface area contributed by atoms with E-state index in [1.807, 2.05) is 28.8 Å². The van der Waals surface area contributed by atoms with Crippen molar-refractivity contribution in [2.45, 2.75) is 13.1 Å². The summed E-state index contributed by atoms with van der Waals surface area (Å²) in [7, 11) is 4.69. The van der Waals surface area contributed by atoms with E-state index in [1.54, 1.807) is 25.3 Å². The highest BCUT2D eigenvalue weighted by Crippen LogP contribution is 2.16. The molecule has 0 saturated heterocycles. The van der Waals surface area contributed by atoms with Gasteiger partial charge in [-0.3, -0.25) is 4.84 Å². The van der Waals surface area contributed by atoms with Crippen LogP contribution in [0, 0.1) is 11.8 Å². The van der Waals surface area contributed by atoms with Gasteiger partial charge in [0.2, 0.25) is 0 Å². The maximum absolute atomic E-state index is 12.2. The summed E-state index contributed by atoms with van der Waals surface area (Å²) in [5, 5.41) is 1.21. The number of hydroxylamine groups is 2. The predicted octanol–water partition coefficient (Wildman–Crippen LogP) is 1.72. The van der Waals surface area contributed by atoms with E-state index in [-0.39, 0.29) is 6.03 Å². The van der Waals surface area contributed by atoms with Gasteiger partial charge in [-0.1, -0.05) is 12.0 Å². The third-order valence-electron chi connectivity index (χ3n) is 4.08. The van der Waals surface area contributed by atoms with E-state index < -0.39 is 0 Å². The number of ether oxygens (including phenoxy) is 1. The lowest BCUT2D eigenvalue weighted by Gasteiger charge is -2.30. The van der Waals surface area contributed by atoms with Crippen molar-refractivity contribution in [1.29, 1.82) is 0 Å². The number of hydrogen-bond donors (Lipinski definition) is 0. The second kappa shape index (κ2) is 7.28. The third kappa shape index (κ3) is 3.59. The second-order valence-electron chi connectivity index (χ2n) is 5.58. The van der Waals surface area contributed by atoms with Gasteiger partial charge in [-0.05, 0) is 24.1 Å². The summed E-state index contributed by atoms with van der Waals surface area (Å²) in [6.45, 7) is 1.68. The highest BCUT2D eigenvalue weighted by atomic mass is 16.7. The van der Waals surface area contributed by atoms with Gasteiger partial charge >= 0.3 is 6.03 Å². The Morgan fingerprint density at radius 3 is 2.88 bits per heavy atom. The van der Waals surface area contributed by atoms with Crippen LogP contribution in [0.1, 0.15) is 17.1 Å². The van der Waals surface area contributed by atoms with Gasteiger partial charge in [0.25, 0.3) is 0 Å². The zero-order chi connectivity index (χ0) is 17.8. The molecular weight excluding hydrogens is 320 g/mol. The number of amides is 2. The lowest BCUT2D eigenvalue weighted by molar-refractivity contribution is -0.0777. The quantitative estimate of drug-likeness (QED) is 0.617. The number of carbonyl (C=O) groups is 1. The molecule has 0 aliphatic carbocycles. The lowest BCUT2D eigenvalue weighted by atomic mass is 10.2. The maximum Gasteiger partial charge on any atom is 0.344 e. The first-order valence-corrected chi connectivity index (χ1v) is 7.89. The fraction of sp³-hybridized carbons (Fsp3) is 0.333. The molecule has 0 bridgehead atoms. The zero-order valence-corrected chi connectivity index (χ0v) is 14.5. The molecule has 0 saturated carbocycles. The Kier molecular flexibility index (Phi) is 4.91. The Hall–Kier alpha value is -2.98. The number of fused-ring (bicyclic) bond motifs is 1. The van der Waals surface area contributed by atoms with Gasteiger partial charge in [0.05, 0.1) is 27.0 Å². The molecule has 1 aromatic heterocycles. The minimum absolute atomic E-state index is 0.180. The Morgan fingerprint density at radius 2 is 2.12 bits per heavy atom. The monoisotopic (exact) mass is 340 g/mol. The number of imidazole rings is 1. The van der Waals surface area contributed by atoms with Crippen LogP contribution >= 0.6 is 0 Å². The number of aromatic nitrogens is 2. The van der Waals surface area contributed by atoms with E-state index in [4.69, 9.17) is 9.57 Å². The first-order valence-electron chi connectivity index (χ1n) is 7.89. The van der Waals surface area contributed by atoms with E-state index in [2.05, 4.69) is 16.8 Å². The molecular formula is C18H20N4O3. The second-order valence-corrected chi connectivity index (χ2v) is 5.58. The van der Waals surface area contributed by atoms with Gasteiger partial charge in [0.1, 0.15) is 17.3 Å². The van der Waals surface area contributed by atoms with Crippen LogP contribution in [0.5, 0.6) is 5.75 Å². The molecule has 1 aliphatic rings. The SMILES string of the molecule is COc1cccc(C#Cc2cnc3n2CCN(C(=O)N(C)OC)C3)c1. The summed E-state index contributed by atoms with van der Waals surface area (Å²) in [6.07, 6.45) is 1.75. The van der Waals surface area contributed by atoms with Gasteiger partial charge < -0.3 is 14.2 Å². The standard InChI is InChI=1S/C18H20N4O3/c1-20(25-3)18(23)21-9-10-22-15(12-19-17(22)13-21)8-7-14-5-4-6-16(11-14)24-2/h4-6,11-12H,9-10,13H2,1-3H3. The van der Waals surface area contributed by atoms with Crippen molar-refractivity contribution in [3.05, 3.63) is 47.5 Å². The summed E-state index contributed by atoms with van der Waals surface area (Å²) < 4.78 is 7.25. The van der Waals surface area contributed by atoms with Crippen molar-refractivity contribution in [3.8, 4) is 17.6 Å². The van der Waals surface area contributed by atoms with Gasteiger partial charge in [-0.2, -0.15) is 0 Å². The minimum Gasteiger partial charge on any atom is -0.497 e. The Bertz CT molecular complexity index is 834. The summed E-state index contributed by atoms with van der Waals surface area (Å²) in [6, 6.07) is 7.44. The Morgan fingerprint density at radius 1 is 1.28 bits per heavy atom. The number of hydrogen-bond acceptors (Lipinski definition) is 4. The molecule has 2 amide bonds. The molecule has 0 N–H and O–H groups in total. The van der Waals surface area contributed by atoms with Crippen molar-refractivity contribution in [2.24, 2.45) is 0 Å². The number of urea groups is 1. The molecule has 2 aromatic rings. The summed E-state index contributed by atoms with van der Waals surface area (Å²) >= 11 is 0. The predicted molar refractivity (Wildman–Crippen MR) is 91.8 cm³/mol. The zero-order valence-electron chi connectivity index (χ0n) is 14.5. The normalized spacial score (nSPS) is 12.8. The molecule has 130 valence electrons. The summed E-state index contributed by atoms with van der Waals surface area (Å²) in [5.41, 5.74) is 1.72. The van der Waals surface area contributed by atoms with Crippen molar-refractivity contribution in [1.82, 2.24) is 19.5 Å². The fourth-order valence-electron chi connectivity index (χ4n) is 2.64. The molecule has 0 spiro atoms. The van der Waals surface area contributed by atoms with Gasteiger partial charge in [0.15, 0.2) is 0 Å². The molecule has 2 heterocycles. The molecule has 0 unspecified atom stereocenters. The molecule has 0 fully saturated rings. The Balaban J connectivity index is 1.77. The van der Waals surface area contributed by atoms with Crippen LogP contribution in [0.4, 0.5) is 4.79 Å². The van der Waals surface area contributed by atoms with Crippen LogP contribution in [0.2, 0.25) is 0 Å². The number of rotatable bonds is 2. The summed E-state index contributed by atoms with van der Waals surface area (Å²) in [5.74, 6) is 7.88. The molecule has 0 atom stereocenters. The van der Waals surface area contributed by atoms with Gasteiger partial charge in [0, 0.05) is 25.7 Å². The van der Waals surface area contributed by atoms with E-state index in [0.717, 1.165) is 22.8 Å². The van der Waals surface area contributed by atoms with Crippen molar-refractivity contribution < 1.29 is 14.4 Å². The average molecular weight is 340 g/mol. The highest BCUT2D eigenvalue weighted by Gasteiger charge is 2.25. The first kappa shape index (κ1) is 16.9. The first-order chi connectivity index (χ1) is 12.1. The van der Waals surface area contributed by atoms with Crippen LogP contribution in [-0.2, 0) is 17.9 Å². The van der Waals surface area contributed by atoms with E-state index in [9.17, 15) is 4.79 Å². The molecule has 1 aliphatic heterocycles. The van der Waals surface area contributed by atoms with Crippen molar-refractivity contribution in [2.75, 3.05) is 27.8 Å².